The minimum atomic E-state index is 0.832. The average molecular weight is 285 g/mol. The van der Waals surface area contributed by atoms with Gasteiger partial charge in [-0.15, -0.1) is 0 Å². The highest BCUT2D eigenvalue weighted by Gasteiger charge is 2.14. The van der Waals surface area contributed by atoms with Crippen molar-refractivity contribution in [3.63, 3.8) is 0 Å². The second-order valence-electron chi connectivity index (χ2n) is 4.97. The van der Waals surface area contributed by atoms with Crippen molar-refractivity contribution >= 4 is 0 Å². The minimum absolute atomic E-state index is 0.832. The third kappa shape index (κ3) is 3.37. The predicted octanol–water partition coefficient (Wildman–Crippen LogP) is 3.79. The van der Waals surface area contributed by atoms with Crippen molar-refractivity contribution in [3.8, 4) is 22.6 Å². The van der Waals surface area contributed by atoms with E-state index in [-0.39, 0.29) is 0 Å². The molecule has 0 aliphatic carbocycles. The van der Waals surface area contributed by atoms with Crippen molar-refractivity contribution in [2.75, 3.05) is 20.8 Å². The molecule has 0 heterocycles. The Morgan fingerprint density at radius 3 is 2.24 bits per heavy atom. The summed E-state index contributed by atoms with van der Waals surface area (Å²) in [6.07, 6.45) is 0. The molecule has 0 fully saturated rings. The van der Waals surface area contributed by atoms with E-state index >= 15 is 0 Å². The van der Waals surface area contributed by atoms with Gasteiger partial charge < -0.3 is 14.8 Å². The molecule has 3 nitrogen and oxygen atoms in total. The summed E-state index contributed by atoms with van der Waals surface area (Å²) in [5, 5.41) is 3.36. The normalized spacial score (nSPS) is 10.5. The van der Waals surface area contributed by atoms with Crippen LogP contribution >= 0.6 is 0 Å². The van der Waals surface area contributed by atoms with Crippen LogP contribution in [0.5, 0.6) is 11.5 Å². The number of aryl methyl sites for hydroxylation is 1. The molecule has 0 amide bonds. The molecule has 3 heteroatoms. The molecule has 0 saturated heterocycles. The van der Waals surface area contributed by atoms with E-state index in [2.05, 4.69) is 37.4 Å². The van der Waals surface area contributed by atoms with E-state index in [0.717, 1.165) is 35.7 Å². The molecule has 0 aromatic heterocycles. The number of ether oxygens (including phenoxy) is 2. The largest absolute Gasteiger partial charge is 0.496 e. The molecule has 112 valence electrons. The van der Waals surface area contributed by atoms with E-state index in [1.54, 1.807) is 14.2 Å². The fourth-order valence-corrected chi connectivity index (χ4v) is 2.43. The summed E-state index contributed by atoms with van der Waals surface area (Å²) in [6.45, 7) is 6.04. The Morgan fingerprint density at radius 2 is 1.67 bits per heavy atom. The molecule has 0 atom stereocenters. The molecule has 0 saturated carbocycles. The van der Waals surface area contributed by atoms with Gasteiger partial charge in [0.1, 0.15) is 11.5 Å². The highest BCUT2D eigenvalue weighted by molar-refractivity contribution is 5.79. The lowest BCUT2D eigenvalue weighted by atomic mass is 9.96. The summed E-state index contributed by atoms with van der Waals surface area (Å²) in [5.41, 5.74) is 4.63. The lowest BCUT2D eigenvalue weighted by molar-refractivity contribution is 0.397. The molecule has 0 aliphatic heterocycles. The maximum Gasteiger partial charge on any atom is 0.130 e. The quantitative estimate of drug-likeness (QED) is 0.876. The molecule has 2 aromatic carbocycles. The molecule has 2 rings (SSSR count). The Labute approximate surface area is 126 Å². The van der Waals surface area contributed by atoms with Gasteiger partial charge in [-0.25, -0.2) is 0 Å². The second kappa shape index (κ2) is 7.14. The highest BCUT2D eigenvalue weighted by Crippen LogP contribution is 2.40. The average Bonchev–Trinajstić information content (AvgIpc) is 2.53. The Morgan fingerprint density at radius 1 is 1.00 bits per heavy atom. The van der Waals surface area contributed by atoms with Gasteiger partial charge in [-0.05, 0) is 48.4 Å². The zero-order valence-corrected chi connectivity index (χ0v) is 13.2. The maximum absolute atomic E-state index is 5.52. The van der Waals surface area contributed by atoms with Gasteiger partial charge >= 0.3 is 0 Å². The van der Waals surface area contributed by atoms with Crippen LogP contribution in [0, 0.1) is 6.92 Å². The third-order valence-electron chi connectivity index (χ3n) is 3.58. The number of rotatable bonds is 6. The summed E-state index contributed by atoms with van der Waals surface area (Å²) in [7, 11) is 3.38. The second-order valence-corrected chi connectivity index (χ2v) is 4.97. The van der Waals surface area contributed by atoms with Crippen molar-refractivity contribution in [1.29, 1.82) is 0 Å². The van der Waals surface area contributed by atoms with E-state index < -0.39 is 0 Å². The minimum Gasteiger partial charge on any atom is -0.496 e. The van der Waals surface area contributed by atoms with Gasteiger partial charge in [0.2, 0.25) is 0 Å². The van der Waals surface area contributed by atoms with Crippen LogP contribution in [-0.4, -0.2) is 20.8 Å². The van der Waals surface area contributed by atoms with Crippen molar-refractivity contribution in [1.82, 2.24) is 5.32 Å². The van der Waals surface area contributed by atoms with Gasteiger partial charge in [-0.3, -0.25) is 0 Å². The molecule has 1 N–H and O–H groups in total. The molecule has 0 spiro atoms. The van der Waals surface area contributed by atoms with Gasteiger partial charge in [0.15, 0.2) is 0 Å². The fraction of sp³-hybridized carbons (Fsp3) is 0.333. The Kier molecular flexibility index (Phi) is 5.23. The fourth-order valence-electron chi connectivity index (χ4n) is 2.43. The Balaban J connectivity index is 2.55. The van der Waals surface area contributed by atoms with E-state index in [1.807, 2.05) is 18.2 Å². The number of methoxy groups -OCH3 is 2. The first-order valence-corrected chi connectivity index (χ1v) is 7.22. The van der Waals surface area contributed by atoms with Gasteiger partial charge in [-0.1, -0.05) is 25.1 Å². The summed E-state index contributed by atoms with van der Waals surface area (Å²) in [6, 6.07) is 12.4. The Bertz CT molecular complexity index is 586. The van der Waals surface area contributed by atoms with Gasteiger partial charge in [0.25, 0.3) is 0 Å². The lowest BCUT2D eigenvalue weighted by Crippen LogP contribution is -2.11. The van der Waals surface area contributed by atoms with Gasteiger partial charge in [0.05, 0.1) is 19.8 Å². The monoisotopic (exact) mass is 285 g/mol. The summed E-state index contributed by atoms with van der Waals surface area (Å²) >= 11 is 0. The Hall–Kier alpha value is -2.00. The molecule has 0 unspecified atom stereocenters. The molecule has 21 heavy (non-hydrogen) atoms. The van der Waals surface area contributed by atoms with Crippen molar-refractivity contribution < 1.29 is 9.47 Å². The SMILES string of the molecule is CCNCc1ccc(C)c(-c2c(OC)cccc2OC)c1. The van der Waals surface area contributed by atoms with Crippen molar-refractivity contribution in [2.45, 2.75) is 20.4 Å². The first-order chi connectivity index (χ1) is 10.2. The standard InChI is InChI=1S/C18H23NO2/c1-5-19-12-14-10-9-13(2)15(11-14)18-16(20-3)7-6-8-17(18)21-4/h6-11,19H,5,12H2,1-4H3. The maximum atomic E-state index is 5.52. The highest BCUT2D eigenvalue weighted by atomic mass is 16.5. The smallest absolute Gasteiger partial charge is 0.130 e. The van der Waals surface area contributed by atoms with Crippen LogP contribution in [0.25, 0.3) is 11.1 Å². The number of hydrogen-bond acceptors (Lipinski definition) is 3. The van der Waals surface area contributed by atoms with Crippen molar-refractivity contribution in [3.05, 3.63) is 47.5 Å². The van der Waals surface area contributed by atoms with Crippen LogP contribution in [0.4, 0.5) is 0 Å². The number of benzene rings is 2. The van der Waals surface area contributed by atoms with Gasteiger partial charge in [0, 0.05) is 6.54 Å². The van der Waals surface area contributed by atoms with Crippen LogP contribution < -0.4 is 14.8 Å². The van der Waals surface area contributed by atoms with Gasteiger partial charge in [-0.2, -0.15) is 0 Å². The van der Waals surface area contributed by atoms with E-state index in [9.17, 15) is 0 Å². The number of nitrogens with one attached hydrogen (secondary N) is 1. The summed E-state index contributed by atoms with van der Waals surface area (Å²) in [4.78, 5) is 0. The predicted molar refractivity (Wildman–Crippen MR) is 87.1 cm³/mol. The third-order valence-corrected chi connectivity index (χ3v) is 3.58. The molecule has 2 aromatic rings. The van der Waals surface area contributed by atoms with Crippen LogP contribution in [0.1, 0.15) is 18.1 Å². The molecule has 0 radical (unpaired) electrons. The number of hydrogen-bond donors (Lipinski definition) is 1. The van der Waals surface area contributed by atoms with E-state index in [0.29, 0.717) is 0 Å². The first-order valence-electron chi connectivity index (χ1n) is 7.22. The summed E-state index contributed by atoms with van der Waals surface area (Å²) < 4.78 is 11.0. The molecule has 0 bridgehead atoms. The molecular weight excluding hydrogens is 262 g/mol. The van der Waals surface area contributed by atoms with E-state index in [1.165, 1.54) is 11.1 Å². The van der Waals surface area contributed by atoms with E-state index in [4.69, 9.17) is 9.47 Å². The topological polar surface area (TPSA) is 30.5 Å². The molecular formula is C18H23NO2. The van der Waals surface area contributed by atoms with Crippen LogP contribution in [-0.2, 0) is 6.54 Å². The zero-order chi connectivity index (χ0) is 15.2. The zero-order valence-electron chi connectivity index (χ0n) is 13.2. The lowest BCUT2D eigenvalue weighted by Gasteiger charge is -2.16. The summed E-state index contributed by atoms with van der Waals surface area (Å²) in [5.74, 6) is 1.66. The first kappa shape index (κ1) is 15.4. The molecule has 0 aliphatic rings. The van der Waals surface area contributed by atoms with Crippen LogP contribution in [0.2, 0.25) is 0 Å². The van der Waals surface area contributed by atoms with Crippen molar-refractivity contribution in [2.24, 2.45) is 0 Å². The van der Waals surface area contributed by atoms with Crippen LogP contribution in [0.3, 0.4) is 0 Å². The van der Waals surface area contributed by atoms with Crippen LogP contribution in [0.15, 0.2) is 36.4 Å².